The number of alkyl halides is 1. The Labute approximate surface area is 116 Å². The van der Waals surface area contributed by atoms with Crippen LogP contribution in [0.5, 0.6) is 0 Å². The fraction of sp³-hybridized carbons (Fsp3) is 0.667. The van der Waals surface area contributed by atoms with E-state index in [-0.39, 0.29) is 0 Å². The molecule has 0 aliphatic carbocycles. The Balaban J connectivity index is 2.93. The average molecular weight is 269 g/mol. The van der Waals surface area contributed by atoms with E-state index in [0.29, 0.717) is 11.9 Å². The van der Waals surface area contributed by atoms with Crippen molar-refractivity contribution in [1.29, 1.82) is 0 Å². The van der Waals surface area contributed by atoms with Gasteiger partial charge in [-0.1, -0.05) is 19.8 Å². The number of halogens is 1. The fourth-order valence-electron chi connectivity index (χ4n) is 2.13. The number of unbranched alkanes of at least 4 members (excludes halogenated alkanes) is 2. The SMILES string of the molecule is CCCCCN(c1cc(C)ncc1CCl)C(C)C. The summed E-state index contributed by atoms with van der Waals surface area (Å²) in [5.41, 5.74) is 3.44. The van der Waals surface area contributed by atoms with Gasteiger partial charge in [0.15, 0.2) is 0 Å². The largest absolute Gasteiger partial charge is 0.369 e. The highest BCUT2D eigenvalue weighted by atomic mass is 35.5. The molecule has 0 radical (unpaired) electrons. The normalized spacial score (nSPS) is 11.0. The summed E-state index contributed by atoms with van der Waals surface area (Å²) >= 11 is 6.03. The van der Waals surface area contributed by atoms with Gasteiger partial charge >= 0.3 is 0 Å². The Morgan fingerprint density at radius 3 is 2.61 bits per heavy atom. The first-order valence-electron chi connectivity index (χ1n) is 6.88. The molecule has 0 atom stereocenters. The second-order valence-corrected chi connectivity index (χ2v) is 5.35. The van der Waals surface area contributed by atoms with Crippen LogP contribution in [0.2, 0.25) is 0 Å². The smallest absolute Gasteiger partial charge is 0.0509 e. The van der Waals surface area contributed by atoms with Crippen molar-refractivity contribution in [2.24, 2.45) is 0 Å². The molecule has 1 rings (SSSR count). The van der Waals surface area contributed by atoms with Crippen LogP contribution in [0, 0.1) is 6.92 Å². The van der Waals surface area contributed by atoms with Crippen molar-refractivity contribution in [3.05, 3.63) is 23.5 Å². The van der Waals surface area contributed by atoms with Crippen LogP contribution >= 0.6 is 11.6 Å². The van der Waals surface area contributed by atoms with E-state index in [9.17, 15) is 0 Å². The molecule has 0 aliphatic rings. The lowest BCUT2D eigenvalue weighted by Crippen LogP contribution is -2.32. The van der Waals surface area contributed by atoms with Crippen LogP contribution in [0.15, 0.2) is 12.3 Å². The van der Waals surface area contributed by atoms with Gasteiger partial charge in [-0.05, 0) is 33.3 Å². The van der Waals surface area contributed by atoms with E-state index in [4.69, 9.17) is 11.6 Å². The number of rotatable bonds is 7. The molecule has 3 heteroatoms. The molecule has 1 aromatic rings. The highest BCUT2D eigenvalue weighted by Crippen LogP contribution is 2.25. The molecule has 0 amide bonds. The third kappa shape index (κ3) is 4.16. The molecule has 0 aromatic carbocycles. The molecule has 0 N–H and O–H groups in total. The number of hydrogen-bond donors (Lipinski definition) is 0. The lowest BCUT2D eigenvalue weighted by Gasteiger charge is -2.31. The zero-order chi connectivity index (χ0) is 13.5. The van der Waals surface area contributed by atoms with Crippen LogP contribution in [-0.4, -0.2) is 17.6 Å². The quantitative estimate of drug-likeness (QED) is 0.533. The van der Waals surface area contributed by atoms with E-state index in [0.717, 1.165) is 17.8 Å². The summed E-state index contributed by atoms with van der Waals surface area (Å²) in [4.78, 5) is 6.78. The van der Waals surface area contributed by atoms with Gasteiger partial charge in [0, 0.05) is 35.7 Å². The number of hydrogen-bond acceptors (Lipinski definition) is 2. The molecular weight excluding hydrogens is 244 g/mol. The molecule has 2 nitrogen and oxygen atoms in total. The predicted molar refractivity (Wildman–Crippen MR) is 80.5 cm³/mol. The molecule has 0 saturated carbocycles. The number of anilines is 1. The average Bonchev–Trinajstić information content (AvgIpc) is 2.34. The minimum absolute atomic E-state index is 0.491. The summed E-state index contributed by atoms with van der Waals surface area (Å²) in [7, 11) is 0. The lowest BCUT2D eigenvalue weighted by molar-refractivity contribution is 0.624. The lowest BCUT2D eigenvalue weighted by atomic mass is 10.1. The van der Waals surface area contributed by atoms with Gasteiger partial charge in [-0.25, -0.2) is 0 Å². The van der Waals surface area contributed by atoms with E-state index >= 15 is 0 Å². The Bertz CT molecular complexity index is 364. The third-order valence-electron chi connectivity index (χ3n) is 3.18. The first-order valence-corrected chi connectivity index (χ1v) is 7.41. The van der Waals surface area contributed by atoms with E-state index in [1.165, 1.54) is 24.9 Å². The van der Waals surface area contributed by atoms with Crippen LogP contribution < -0.4 is 4.90 Å². The second-order valence-electron chi connectivity index (χ2n) is 5.08. The Hall–Kier alpha value is -0.760. The Kier molecular flexibility index (Phi) is 6.48. The van der Waals surface area contributed by atoms with Gasteiger partial charge in [-0.2, -0.15) is 0 Å². The summed E-state index contributed by atoms with van der Waals surface area (Å²) in [5.74, 6) is 0.527. The first kappa shape index (κ1) is 15.3. The van der Waals surface area contributed by atoms with E-state index < -0.39 is 0 Å². The molecule has 0 aliphatic heterocycles. The molecule has 1 heterocycles. The summed E-state index contributed by atoms with van der Waals surface area (Å²) in [6, 6.07) is 2.65. The first-order chi connectivity index (χ1) is 8.60. The maximum atomic E-state index is 6.03. The predicted octanol–water partition coefficient (Wildman–Crippen LogP) is 4.53. The monoisotopic (exact) mass is 268 g/mol. The number of aryl methyl sites for hydroxylation is 1. The molecule has 0 saturated heterocycles. The van der Waals surface area contributed by atoms with Crippen molar-refractivity contribution in [2.45, 2.75) is 58.9 Å². The van der Waals surface area contributed by atoms with Crippen molar-refractivity contribution in [1.82, 2.24) is 4.98 Å². The van der Waals surface area contributed by atoms with Crippen molar-refractivity contribution >= 4 is 17.3 Å². The van der Waals surface area contributed by atoms with Gasteiger partial charge in [0.2, 0.25) is 0 Å². The minimum atomic E-state index is 0.491. The van der Waals surface area contributed by atoms with Gasteiger partial charge in [-0.3, -0.25) is 4.98 Å². The van der Waals surface area contributed by atoms with Gasteiger partial charge in [-0.15, -0.1) is 11.6 Å². The van der Waals surface area contributed by atoms with Gasteiger partial charge in [0.25, 0.3) is 0 Å². The van der Waals surface area contributed by atoms with Crippen LogP contribution in [0.1, 0.15) is 51.3 Å². The molecule has 0 fully saturated rings. The molecule has 0 unspecified atom stereocenters. The molecular formula is C15H25ClN2. The Morgan fingerprint density at radius 1 is 1.33 bits per heavy atom. The summed E-state index contributed by atoms with van der Waals surface area (Å²) in [6.45, 7) is 9.84. The molecule has 1 aromatic heterocycles. The molecule has 18 heavy (non-hydrogen) atoms. The molecule has 102 valence electrons. The van der Waals surface area contributed by atoms with Gasteiger partial charge in [0.05, 0.1) is 5.88 Å². The Morgan fingerprint density at radius 2 is 2.06 bits per heavy atom. The summed E-state index contributed by atoms with van der Waals surface area (Å²) in [5, 5.41) is 0. The van der Waals surface area contributed by atoms with E-state index in [1.807, 2.05) is 13.1 Å². The van der Waals surface area contributed by atoms with Gasteiger partial charge < -0.3 is 4.90 Å². The zero-order valence-electron chi connectivity index (χ0n) is 12.0. The van der Waals surface area contributed by atoms with Crippen LogP contribution in [-0.2, 0) is 5.88 Å². The van der Waals surface area contributed by atoms with Gasteiger partial charge in [0.1, 0.15) is 0 Å². The standard InChI is InChI=1S/C15H25ClN2/c1-5-6-7-8-18(12(2)3)15-9-13(4)17-11-14(15)10-16/h9,11-12H,5-8,10H2,1-4H3. The van der Waals surface area contributed by atoms with E-state index in [2.05, 4.69) is 36.7 Å². The third-order valence-corrected chi connectivity index (χ3v) is 3.47. The molecule has 0 bridgehead atoms. The number of nitrogens with zero attached hydrogens (tertiary/aromatic N) is 2. The topological polar surface area (TPSA) is 16.1 Å². The maximum Gasteiger partial charge on any atom is 0.0509 e. The van der Waals surface area contributed by atoms with Crippen LogP contribution in [0.4, 0.5) is 5.69 Å². The number of pyridine rings is 1. The minimum Gasteiger partial charge on any atom is -0.369 e. The van der Waals surface area contributed by atoms with Crippen LogP contribution in [0.3, 0.4) is 0 Å². The van der Waals surface area contributed by atoms with Crippen molar-refractivity contribution in [3.8, 4) is 0 Å². The highest BCUT2D eigenvalue weighted by Gasteiger charge is 2.14. The van der Waals surface area contributed by atoms with Crippen molar-refractivity contribution in [3.63, 3.8) is 0 Å². The summed E-state index contributed by atoms with van der Waals surface area (Å²) < 4.78 is 0. The fourth-order valence-corrected chi connectivity index (χ4v) is 2.34. The highest BCUT2D eigenvalue weighted by molar-refractivity contribution is 6.17. The zero-order valence-corrected chi connectivity index (χ0v) is 12.8. The van der Waals surface area contributed by atoms with Crippen molar-refractivity contribution < 1.29 is 0 Å². The maximum absolute atomic E-state index is 6.03. The van der Waals surface area contributed by atoms with Crippen LogP contribution in [0.25, 0.3) is 0 Å². The number of aromatic nitrogens is 1. The second kappa shape index (κ2) is 7.63. The van der Waals surface area contributed by atoms with E-state index in [1.54, 1.807) is 0 Å². The van der Waals surface area contributed by atoms with Crippen molar-refractivity contribution in [2.75, 3.05) is 11.4 Å². The molecule has 0 spiro atoms. The summed E-state index contributed by atoms with van der Waals surface area (Å²) in [6.07, 6.45) is 5.68.